The molecule has 0 unspecified atom stereocenters. The molecule has 6 rings (SSSR count). The van der Waals surface area contributed by atoms with E-state index in [1.807, 2.05) is 6.07 Å². The predicted octanol–water partition coefficient (Wildman–Crippen LogP) is 2.89. The van der Waals surface area contributed by atoms with Crippen LogP contribution in [0.25, 0.3) is 10.1 Å². The normalized spacial score (nSPS) is 25.6. The lowest BCUT2D eigenvalue weighted by Crippen LogP contribution is -2.57. The highest BCUT2D eigenvalue weighted by Gasteiger charge is 2.35. The number of carbonyl (C=O) groups is 2. The first-order valence-electron chi connectivity index (χ1n) is 9.92. The Hall–Kier alpha value is -2.19. The fourth-order valence-corrected chi connectivity index (χ4v) is 4.97. The molecule has 1 aromatic carbocycles. The minimum Gasteiger partial charge on any atom is -0.483 e. The van der Waals surface area contributed by atoms with Gasteiger partial charge in [0.15, 0.2) is 0 Å². The number of fused-ring (bicyclic) bond motifs is 4. The van der Waals surface area contributed by atoms with Crippen LogP contribution in [0.5, 0.6) is 0 Å². The third-order valence-electron chi connectivity index (χ3n) is 5.95. The van der Waals surface area contributed by atoms with Crippen molar-refractivity contribution in [3.63, 3.8) is 0 Å². The van der Waals surface area contributed by atoms with Gasteiger partial charge in [0.25, 0.3) is 12.4 Å². The number of aromatic nitrogens is 1. The third-order valence-corrected chi connectivity index (χ3v) is 6.76. The minimum absolute atomic E-state index is 0. The van der Waals surface area contributed by atoms with Gasteiger partial charge >= 0.3 is 0 Å². The number of benzene rings is 1. The van der Waals surface area contributed by atoms with Crippen LogP contribution < -0.4 is 10.6 Å². The van der Waals surface area contributed by atoms with Crippen LogP contribution in [0.15, 0.2) is 18.2 Å². The summed E-state index contributed by atoms with van der Waals surface area (Å²) in [6.07, 6.45) is 5.11. The van der Waals surface area contributed by atoms with Crippen molar-refractivity contribution in [1.29, 1.82) is 0 Å². The molecule has 3 N–H and O–H groups in total. The molecule has 0 radical (unpaired) electrons. The monoisotopic (exact) mass is 404 g/mol. The molecule has 1 aliphatic carbocycles. The summed E-state index contributed by atoms with van der Waals surface area (Å²) < 4.78 is 5.54. The second-order valence-electron chi connectivity index (χ2n) is 7.89. The zero-order valence-electron chi connectivity index (χ0n) is 15.8. The Balaban J connectivity index is 0.000000568. The summed E-state index contributed by atoms with van der Waals surface area (Å²) in [5, 5.41) is 14.6. The molecule has 2 bridgehead atoms. The fourth-order valence-electron chi connectivity index (χ4n) is 4.16. The Morgan fingerprint density at radius 2 is 2.07 bits per heavy atom. The maximum atomic E-state index is 12.8. The summed E-state index contributed by atoms with van der Waals surface area (Å²) in [4.78, 5) is 23.6. The lowest BCUT2D eigenvalue weighted by atomic mass is 9.84. The van der Waals surface area contributed by atoms with E-state index in [0.29, 0.717) is 11.6 Å². The van der Waals surface area contributed by atoms with Crippen molar-refractivity contribution in [3.05, 3.63) is 23.9 Å². The topological polar surface area (TPSA) is 94.6 Å². The van der Waals surface area contributed by atoms with Gasteiger partial charge in [-0.1, -0.05) is 0 Å². The smallest absolute Gasteiger partial charge is 0.290 e. The average Bonchev–Trinajstić information content (AvgIpc) is 3.45. The average molecular weight is 405 g/mol. The van der Waals surface area contributed by atoms with E-state index in [-0.39, 0.29) is 19.8 Å². The maximum absolute atomic E-state index is 12.8. The number of amides is 1. The van der Waals surface area contributed by atoms with Gasteiger partial charge in [0.05, 0.1) is 4.70 Å². The van der Waals surface area contributed by atoms with Gasteiger partial charge in [-0.05, 0) is 80.3 Å². The van der Waals surface area contributed by atoms with E-state index in [1.165, 1.54) is 50.3 Å². The standard InChI is InChI=1S/C19H24N4OS.CH2O2.H2/c24-19(21-16-11-23-7-5-13(16)6-8-23)18-15-4-3-14(9-17(15)25-22-18)20-10-12-1-2-12;2-1-3;/h3-4,9,12-13,16,20H,1-2,5-8,10-11H2,(H,21,24);1H,(H,2,3);1H/t16-;;/m1../s1. The zero-order valence-corrected chi connectivity index (χ0v) is 16.6. The van der Waals surface area contributed by atoms with E-state index < -0.39 is 0 Å². The van der Waals surface area contributed by atoms with E-state index in [1.54, 1.807) is 0 Å². The second-order valence-corrected chi connectivity index (χ2v) is 8.69. The molecule has 1 aromatic heterocycles. The third kappa shape index (κ3) is 4.28. The number of nitrogens with one attached hydrogen (secondary N) is 2. The van der Waals surface area contributed by atoms with Crippen LogP contribution in [0.3, 0.4) is 0 Å². The van der Waals surface area contributed by atoms with Gasteiger partial charge in [0.2, 0.25) is 0 Å². The van der Waals surface area contributed by atoms with Crippen molar-refractivity contribution in [2.45, 2.75) is 31.7 Å². The molecule has 3 aliphatic heterocycles. The van der Waals surface area contributed by atoms with E-state index in [2.05, 4.69) is 32.0 Å². The summed E-state index contributed by atoms with van der Waals surface area (Å²) in [6.45, 7) is 4.17. The summed E-state index contributed by atoms with van der Waals surface area (Å²) in [5.74, 6) is 1.47. The number of anilines is 1. The number of carbonyl (C=O) groups excluding carboxylic acids is 1. The van der Waals surface area contributed by atoms with E-state index in [4.69, 9.17) is 9.90 Å². The van der Waals surface area contributed by atoms with Crippen LogP contribution in [-0.4, -0.2) is 59.0 Å². The molecular weight excluding hydrogens is 376 g/mol. The quantitative estimate of drug-likeness (QED) is 0.664. The summed E-state index contributed by atoms with van der Waals surface area (Å²) in [6, 6.07) is 6.52. The number of nitrogens with zero attached hydrogens (tertiary/aromatic N) is 2. The Kier molecular flexibility index (Phi) is 5.77. The van der Waals surface area contributed by atoms with Gasteiger partial charge in [0, 0.05) is 31.6 Å². The number of hydrogen-bond acceptors (Lipinski definition) is 6. The van der Waals surface area contributed by atoms with Crippen molar-refractivity contribution >= 4 is 39.7 Å². The molecule has 1 atom stereocenters. The number of piperidine rings is 3. The highest BCUT2D eigenvalue weighted by Crippen LogP contribution is 2.31. The van der Waals surface area contributed by atoms with Crippen molar-refractivity contribution in [2.75, 3.05) is 31.5 Å². The molecule has 7 nitrogen and oxygen atoms in total. The molecule has 2 aromatic rings. The molecule has 0 spiro atoms. The molecule has 4 aliphatic rings. The first-order valence-corrected chi connectivity index (χ1v) is 10.7. The molecule has 152 valence electrons. The second kappa shape index (κ2) is 8.45. The molecule has 4 heterocycles. The Morgan fingerprint density at radius 1 is 1.32 bits per heavy atom. The van der Waals surface area contributed by atoms with Crippen LogP contribution in [0.2, 0.25) is 0 Å². The van der Waals surface area contributed by atoms with Crippen molar-refractivity contribution in [2.24, 2.45) is 11.8 Å². The highest BCUT2D eigenvalue weighted by molar-refractivity contribution is 7.13. The van der Waals surface area contributed by atoms with Crippen molar-refractivity contribution in [3.8, 4) is 0 Å². The summed E-state index contributed by atoms with van der Waals surface area (Å²) in [7, 11) is 0. The molecule has 1 saturated carbocycles. The van der Waals surface area contributed by atoms with E-state index in [0.717, 1.165) is 34.8 Å². The van der Waals surface area contributed by atoms with Crippen LogP contribution in [-0.2, 0) is 4.79 Å². The molecule has 4 fully saturated rings. The molecule has 3 saturated heterocycles. The SMILES string of the molecule is O=C(N[C@@H]1CN2CCC1CC2)c1nsc2cc(NCC3CC3)ccc12.O=CO.[HH]. The van der Waals surface area contributed by atoms with Crippen molar-refractivity contribution in [1.82, 2.24) is 14.6 Å². The fraction of sp³-hybridized carbons (Fsp3) is 0.550. The van der Waals surface area contributed by atoms with Crippen molar-refractivity contribution < 1.29 is 16.1 Å². The van der Waals surface area contributed by atoms with E-state index >= 15 is 0 Å². The van der Waals surface area contributed by atoms with Gasteiger partial charge in [-0.15, -0.1) is 0 Å². The lowest BCUT2D eigenvalue weighted by Gasteiger charge is -2.44. The van der Waals surface area contributed by atoms with E-state index in [9.17, 15) is 4.79 Å². The number of hydrogen-bond donors (Lipinski definition) is 3. The van der Waals surface area contributed by atoms with Gasteiger partial charge in [0.1, 0.15) is 5.69 Å². The summed E-state index contributed by atoms with van der Waals surface area (Å²) in [5.41, 5.74) is 1.72. The van der Waals surface area contributed by atoms with Crippen LogP contribution in [0, 0.1) is 11.8 Å². The van der Waals surface area contributed by atoms with Crippen LogP contribution >= 0.6 is 11.5 Å². The molecule has 1 amide bonds. The first-order chi connectivity index (χ1) is 13.7. The largest absolute Gasteiger partial charge is 0.483 e. The maximum Gasteiger partial charge on any atom is 0.290 e. The van der Waals surface area contributed by atoms with Gasteiger partial charge in [-0.2, -0.15) is 4.37 Å². The molecular formula is C20H28N4O3S. The van der Waals surface area contributed by atoms with Crippen LogP contribution in [0.4, 0.5) is 5.69 Å². The van der Waals surface area contributed by atoms with Gasteiger partial charge < -0.3 is 20.6 Å². The van der Waals surface area contributed by atoms with Crippen LogP contribution in [0.1, 0.15) is 37.6 Å². The number of rotatable bonds is 5. The molecule has 8 heteroatoms. The van der Waals surface area contributed by atoms with Gasteiger partial charge in [-0.25, -0.2) is 0 Å². The predicted molar refractivity (Wildman–Crippen MR) is 112 cm³/mol. The zero-order chi connectivity index (χ0) is 19.5. The Bertz CT molecular complexity index is 849. The Labute approximate surface area is 169 Å². The molecule has 28 heavy (non-hydrogen) atoms. The highest BCUT2D eigenvalue weighted by atomic mass is 32.1. The number of carboxylic acid groups (broad SMARTS) is 1. The summed E-state index contributed by atoms with van der Waals surface area (Å²) >= 11 is 1.42. The Morgan fingerprint density at radius 3 is 2.71 bits per heavy atom. The lowest BCUT2D eigenvalue weighted by molar-refractivity contribution is -0.122. The van der Waals surface area contributed by atoms with Gasteiger partial charge in [-0.3, -0.25) is 9.59 Å². The first kappa shape index (κ1) is 19.1. The minimum atomic E-state index is -0.250.